The van der Waals surface area contributed by atoms with Gasteiger partial charge in [0.25, 0.3) is 5.91 Å². The number of carbonyl (C=O) groups excluding carboxylic acids is 2. The minimum absolute atomic E-state index is 0.0642. The Labute approximate surface area is 144 Å². The van der Waals surface area contributed by atoms with E-state index in [0.717, 1.165) is 11.5 Å². The first-order valence-corrected chi connectivity index (χ1v) is 7.80. The highest BCUT2D eigenvalue weighted by Gasteiger charge is 2.28. The van der Waals surface area contributed by atoms with E-state index in [1.807, 2.05) is 6.07 Å². The van der Waals surface area contributed by atoms with Crippen molar-refractivity contribution in [1.29, 1.82) is 0 Å². The number of amides is 1. The van der Waals surface area contributed by atoms with Crippen molar-refractivity contribution in [2.45, 2.75) is 13.0 Å². The molecule has 0 atom stereocenters. The Morgan fingerprint density at radius 3 is 2.72 bits per heavy atom. The van der Waals surface area contributed by atoms with Gasteiger partial charge in [0.05, 0.1) is 30.5 Å². The zero-order valence-corrected chi connectivity index (χ0v) is 14.0. The van der Waals surface area contributed by atoms with Crippen LogP contribution in [0.5, 0.6) is 5.75 Å². The lowest BCUT2D eigenvalue weighted by atomic mass is 9.98. The number of Topliss-reactive ketones (excluding diaryl/α,β-unsaturated/α-hetero) is 1. The molecule has 0 unspecified atom stereocenters. The van der Waals surface area contributed by atoms with Gasteiger partial charge >= 0.3 is 0 Å². The molecule has 2 aromatic rings. The third kappa shape index (κ3) is 3.35. The second-order valence-electron chi connectivity index (χ2n) is 5.91. The first kappa shape index (κ1) is 16.6. The van der Waals surface area contributed by atoms with E-state index in [1.54, 1.807) is 38.6 Å². The van der Waals surface area contributed by atoms with Crippen molar-refractivity contribution in [3.05, 3.63) is 59.3 Å². The summed E-state index contributed by atoms with van der Waals surface area (Å²) in [5.74, 6) is 0.198. The summed E-state index contributed by atoms with van der Waals surface area (Å²) >= 11 is 0. The summed E-state index contributed by atoms with van der Waals surface area (Å²) in [6.07, 6.45) is 1.88. The first-order valence-electron chi connectivity index (χ1n) is 7.80. The molecule has 1 heterocycles. The number of nitrogens with one attached hydrogen (secondary N) is 2. The Morgan fingerprint density at radius 1 is 1.28 bits per heavy atom. The first-order chi connectivity index (χ1) is 12.0. The molecule has 3 N–H and O–H groups in total. The number of phenolic OH excluding ortho intramolecular Hbond substituents is 1. The number of allylic oxidation sites excluding steroid dienone is 2. The highest BCUT2D eigenvalue weighted by Crippen LogP contribution is 2.32. The summed E-state index contributed by atoms with van der Waals surface area (Å²) in [4.78, 5) is 25.4. The van der Waals surface area contributed by atoms with Crippen LogP contribution in [0.15, 0.2) is 52.4 Å². The van der Waals surface area contributed by atoms with E-state index in [-0.39, 0.29) is 23.0 Å². The van der Waals surface area contributed by atoms with E-state index in [4.69, 9.17) is 4.42 Å². The molecule has 0 fully saturated rings. The summed E-state index contributed by atoms with van der Waals surface area (Å²) < 4.78 is 5.24. The van der Waals surface area contributed by atoms with Crippen LogP contribution < -0.4 is 10.6 Å². The number of hydrogen-bond acceptors (Lipinski definition) is 6. The fourth-order valence-corrected chi connectivity index (χ4v) is 2.49. The number of anilines is 1. The molecular weight excluding hydrogens is 322 g/mol. The number of nitrogens with zero attached hydrogens (tertiary/aromatic N) is 1. The van der Waals surface area contributed by atoms with Gasteiger partial charge in [-0.1, -0.05) is 6.07 Å². The normalized spacial score (nSPS) is 13.4. The molecule has 7 heteroatoms. The van der Waals surface area contributed by atoms with Gasteiger partial charge in [-0.15, -0.1) is 0 Å². The van der Waals surface area contributed by atoms with Gasteiger partial charge < -0.3 is 25.1 Å². The van der Waals surface area contributed by atoms with E-state index >= 15 is 0 Å². The predicted octanol–water partition coefficient (Wildman–Crippen LogP) is 2.07. The maximum atomic E-state index is 12.1. The number of para-hydroxylation sites is 1. The number of carbonyl (C=O) groups is 2. The van der Waals surface area contributed by atoms with E-state index in [9.17, 15) is 14.7 Å². The lowest BCUT2D eigenvalue weighted by molar-refractivity contribution is -0.116. The molecule has 0 aliphatic heterocycles. The molecule has 0 saturated heterocycles. The third-order valence-corrected chi connectivity index (χ3v) is 3.91. The molecule has 3 rings (SSSR count). The van der Waals surface area contributed by atoms with Crippen LogP contribution in [0.1, 0.15) is 22.5 Å². The molecule has 25 heavy (non-hydrogen) atoms. The maximum absolute atomic E-state index is 12.1. The SMILES string of the molecule is CN(C)C(=O)c1cccc(NC2=C(NCc3ccco3)CC2=O)c1O. The van der Waals surface area contributed by atoms with E-state index in [2.05, 4.69) is 10.6 Å². The Kier molecular flexibility index (Phi) is 4.47. The molecule has 1 aromatic carbocycles. The van der Waals surface area contributed by atoms with E-state index < -0.39 is 0 Å². The van der Waals surface area contributed by atoms with Gasteiger partial charge in [-0.3, -0.25) is 9.59 Å². The smallest absolute Gasteiger partial charge is 0.257 e. The molecule has 0 bridgehead atoms. The lowest BCUT2D eigenvalue weighted by Crippen LogP contribution is -2.32. The van der Waals surface area contributed by atoms with Crippen LogP contribution in [0.4, 0.5) is 5.69 Å². The van der Waals surface area contributed by atoms with Gasteiger partial charge in [0, 0.05) is 19.8 Å². The number of hydrogen-bond donors (Lipinski definition) is 3. The summed E-state index contributed by atoms with van der Waals surface area (Å²) in [5, 5.41) is 16.4. The quantitative estimate of drug-likeness (QED) is 0.696. The standard InChI is InChI=1S/C18H19N3O4/c1-21(2)18(24)12-6-3-7-13(17(12)23)20-16-14(9-15(16)22)19-10-11-5-4-8-25-11/h3-8,19-20,23H,9-10H2,1-2H3. The fourth-order valence-electron chi connectivity index (χ4n) is 2.49. The van der Waals surface area contributed by atoms with Crippen molar-refractivity contribution in [2.75, 3.05) is 19.4 Å². The minimum Gasteiger partial charge on any atom is -0.505 e. The van der Waals surface area contributed by atoms with Crippen LogP contribution in [0.3, 0.4) is 0 Å². The van der Waals surface area contributed by atoms with Crippen molar-refractivity contribution >= 4 is 17.4 Å². The number of rotatable bonds is 6. The molecule has 0 saturated carbocycles. The van der Waals surface area contributed by atoms with Gasteiger partial charge in [-0.2, -0.15) is 0 Å². The van der Waals surface area contributed by atoms with Crippen LogP contribution in [0.2, 0.25) is 0 Å². The Bertz CT molecular complexity index is 838. The Morgan fingerprint density at radius 2 is 2.08 bits per heavy atom. The topological polar surface area (TPSA) is 94.8 Å². The van der Waals surface area contributed by atoms with Crippen molar-refractivity contribution < 1.29 is 19.1 Å². The van der Waals surface area contributed by atoms with Gasteiger partial charge in [-0.25, -0.2) is 0 Å². The number of furan rings is 1. The highest BCUT2D eigenvalue weighted by atomic mass is 16.3. The summed E-state index contributed by atoms with van der Waals surface area (Å²) in [7, 11) is 3.22. The lowest BCUT2D eigenvalue weighted by Gasteiger charge is -2.25. The second-order valence-corrected chi connectivity index (χ2v) is 5.91. The number of phenols is 1. The second kappa shape index (κ2) is 6.72. The van der Waals surface area contributed by atoms with Gasteiger partial charge in [-0.05, 0) is 24.3 Å². The molecule has 1 aliphatic carbocycles. The largest absolute Gasteiger partial charge is 0.505 e. The molecule has 1 aliphatic rings. The van der Waals surface area contributed by atoms with E-state index in [0.29, 0.717) is 24.4 Å². The Hall–Kier alpha value is -3.22. The zero-order chi connectivity index (χ0) is 18.0. The molecule has 130 valence electrons. The van der Waals surface area contributed by atoms with Crippen LogP contribution in [-0.4, -0.2) is 35.8 Å². The molecule has 7 nitrogen and oxygen atoms in total. The van der Waals surface area contributed by atoms with Crippen LogP contribution in [0.25, 0.3) is 0 Å². The molecule has 1 amide bonds. The van der Waals surface area contributed by atoms with Crippen molar-refractivity contribution in [3.8, 4) is 5.75 Å². The van der Waals surface area contributed by atoms with Gasteiger partial charge in [0.2, 0.25) is 0 Å². The van der Waals surface area contributed by atoms with Crippen molar-refractivity contribution in [1.82, 2.24) is 10.2 Å². The summed E-state index contributed by atoms with van der Waals surface area (Å²) in [6, 6.07) is 8.43. The molecule has 0 spiro atoms. The van der Waals surface area contributed by atoms with Gasteiger partial charge in [0.1, 0.15) is 11.5 Å². The van der Waals surface area contributed by atoms with Crippen molar-refractivity contribution in [2.24, 2.45) is 0 Å². The highest BCUT2D eigenvalue weighted by molar-refractivity contribution is 6.07. The Balaban J connectivity index is 1.78. The summed E-state index contributed by atoms with van der Waals surface area (Å²) in [5.41, 5.74) is 1.61. The number of ketones is 1. The average molecular weight is 341 g/mol. The molecule has 1 aromatic heterocycles. The van der Waals surface area contributed by atoms with Gasteiger partial charge in [0.15, 0.2) is 11.5 Å². The van der Waals surface area contributed by atoms with Crippen LogP contribution in [0, 0.1) is 0 Å². The van der Waals surface area contributed by atoms with Crippen molar-refractivity contribution in [3.63, 3.8) is 0 Å². The van der Waals surface area contributed by atoms with E-state index in [1.165, 1.54) is 11.0 Å². The van der Waals surface area contributed by atoms with Crippen LogP contribution >= 0.6 is 0 Å². The number of benzene rings is 1. The monoisotopic (exact) mass is 341 g/mol. The minimum atomic E-state index is -0.314. The third-order valence-electron chi connectivity index (χ3n) is 3.91. The predicted molar refractivity (Wildman–Crippen MR) is 91.9 cm³/mol. The van der Waals surface area contributed by atoms with Crippen LogP contribution in [-0.2, 0) is 11.3 Å². The molecule has 0 radical (unpaired) electrons. The maximum Gasteiger partial charge on any atom is 0.257 e. The summed E-state index contributed by atoms with van der Waals surface area (Å²) in [6.45, 7) is 0.464. The number of aromatic hydroxyl groups is 1. The molecular formula is C18H19N3O4. The average Bonchev–Trinajstić information content (AvgIpc) is 3.10. The fraction of sp³-hybridized carbons (Fsp3) is 0.222. The zero-order valence-electron chi connectivity index (χ0n) is 14.0.